The summed E-state index contributed by atoms with van der Waals surface area (Å²) >= 11 is 0. The first kappa shape index (κ1) is 22.2. The van der Waals surface area contributed by atoms with E-state index in [0.717, 1.165) is 35.1 Å². The first-order chi connectivity index (χ1) is 13.8. The fraction of sp³-hybridized carbons (Fsp3) is 0.333. The normalized spacial score (nSPS) is 12.8. The molecule has 5 nitrogen and oxygen atoms in total. The lowest BCUT2D eigenvalue weighted by molar-refractivity contribution is -0.139. The van der Waals surface area contributed by atoms with Crippen molar-refractivity contribution < 1.29 is 19.4 Å². The van der Waals surface area contributed by atoms with E-state index >= 15 is 0 Å². The van der Waals surface area contributed by atoms with Crippen LogP contribution in [0, 0.1) is 0 Å². The topological polar surface area (TPSA) is 89.6 Å². The highest BCUT2D eigenvalue weighted by Gasteiger charge is 2.22. The SMILES string of the molecule is CC/C(C)=C(\CC(N)=O)c1c(OCC(=O)O)cccc1C(C)Cc1ccccc1. The zero-order valence-corrected chi connectivity index (χ0v) is 17.3. The molecule has 5 heteroatoms. The van der Waals surface area contributed by atoms with Gasteiger partial charge in [-0.1, -0.05) is 61.9 Å². The fourth-order valence-electron chi connectivity index (χ4n) is 3.46. The Morgan fingerprint density at radius 3 is 2.38 bits per heavy atom. The first-order valence-corrected chi connectivity index (χ1v) is 9.82. The average Bonchev–Trinajstić information content (AvgIpc) is 2.70. The van der Waals surface area contributed by atoms with Gasteiger partial charge in [0.15, 0.2) is 6.61 Å². The summed E-state index contributed by atoms with van der Waals surface area (Å²) in [6.45, 7) is 5.66. The Labute approximate surface area is 172 Å². The third kappa shape index (κ3) is 6.21. The van der Waals surface area contributed by atoms with Crippen LogP contribution in [-0.2, 0) is 16.0 Å². The lowest BCUT2D eigenvalue weighted by Crippen LogP contribution is -2.15. The van der Waals surface area contributed by atoms with Crippen LogP contribution in [0.2, 0.25) is 0 Å². The highest BCUT2D eigenvalue weighted by Crippen LogP contribution is 2.38. The van der Waals surface area contributed by atoms with E-state index in [1.165, 1.54) is 5.56 Å². The number of carbonyl (C=O) groups is 2. The molecule has 0 fully saturated rings. The van der Waals surface area contributed by atoms with Crippen molar-refractivity contribution in [1.82, 2.24) is 0 Å². The van der Waals surface area contributed by atoms with Gasteiger partial charge in [0.2, 0.25) is 5.91 Å². The predicted molar refractivity (Wildman–Crippen MR) is 115 cm³/mol. The van der Waals surface area contributed by atoms with Gasteiger partial charge in [-0.25, -0.2) is 4.79 Å². The second-order valence-electron chi connectivity index (χ2n) is 7.25. The number of amides is 1. The second-order valence-corrected chi connectivity index (χ2v) is 7.25. The van der Waals surface area contributed by atoms with Gasteiger partial charge in [-0.05, 0) is 48.4 Å². The number of aliphatic carboxylic acids is 1. The van der Waals surface area contributed by atoms with Crippen LogP contribution in [0.4, 0.5) is 0 Å². The van der Waals surface area contributed by atoms with E-state index in [-0.39, 0.29) is 12.3 Å². The Balaban J connectivity index is 2.58. The van der Waals surface area contributed by atoms with Gasteiger partial charge in [0.25, 0.3) is 0 Å². The standard InChI is InChI=1S/C24H29NO4/c1-4-16(2)20(14-22(25)26)24-19(11-8-12-21(24)29-15-23(27)28)17(3)13-18-9-6-5-7-10-18/h5-12,17H,4,13-15H2,1-3H3,(H2,25,26)(H,27,28)/b20-16+. The number of rotatable bonds is 10. The van der Waals surface area contributed by atoms with Crippen molar-refractivity contribution in [3.8, 4) is 5.75 Å². The number of carboxylic acid groups (broad SMARTS) is 1. The van der Waals surface area contributed by atoms with Crippen LogP contribution in [0.3, 0.4) is 0 Å². The summed E-state index contributed by atoms with van der Waals surface area (Å²) < 4.78 is 5.61. The van der Waals surface area contributed by atoms with Gasteiger partial charge in [-0.15, -0.1) is 0 Å². The lowest BCUT2D eigenvalue weighted by atomic mass is 9.84. The number of ether oxygens (including phenoxy) is 1. The van der Waals surface area contributed by atoms with Crippen LogP contribution < -0.4 is 10.5 Å². The summed E-state index contributed by atoms with van der Waals surface area (Å²) in [6.07, 6.45) is 1.64. The number of carbonyl (C=O) groups excluding carboxylic acids is 1. The Hall–Kier alpha value is -3.08. The quantitative estimate of drug-likeness (QED) is 0.617. The molecule has 0 saturated carbocycles. The molecule has 1 amide bonds. The van der Waals surface area contributed by atoms with Crippen molar-refractivity contribution in [2.24, 2.45) is 5.73 Å². The molecule has 2 aromatic rings. The maximum Gasteiger partial charge on any atom is 0.341 e. The number of allylic oxidation sites excluding steroid dienone is 1. The highest BCUT2D eigenvalue weighted by molar-refractivity contribution is 5.91. The zero-order chi connectivity index (χ0) is 21.4. The Bertz CT molecular complexity index is 887. The van der Waals surface area contributed by atoms with Gasteiger partial charge in [-0.2, -0.15) is 0 Å². The van der Waals surface area contributed by atoms with E-state index in [1.807, 2.05) is 44.2 Å². The molecule has 29 heavy (non-hydrogen) atoms. The number of hydrogen-bond acceptors (Lipinski definition) is 3. The monoisotopic (exact) mass is 395 g/mol. The molecular formula is C24H29NO4. The summed E-state index contributed by atoms with van der Waals surface area (Å²) in [7, 11) is 0. The van der Waals surface area contributed by atoms with E-state index in [4.69, 9.17) is 15.6 Å². The molecule has 0 aromatic heterocycles. The number of carboxylic acids is 1. The highest BCUT2D eigenvalue weighted by atomic mass is 16.5. The minimum absolute atomic E-state index is 0.0815. The summed E-state index contributed by atoms with van der Waals surface area (Å²) in [5.41, 5.74) is 10.4. The van der Waals surface area contributed by atoms with Crippen LogP contribution in [0.25, 0.3) is 5.57 Å². The summed E-state index contributed by atoms with van der Waals surface area (Å²) in [4.78, 5) is 22.9. The summed E-state index contributed by atoms with van der Waals surface area (Å²) in [5, 5.41) is 9.07. The molecule has 0 aliphatic carbocycles. The van der Waals surface area contributed by atoms with Crippen molar-refractivity contribution in [3.05, 3.63) is 70.8 Å². The molecule has 3 N–H and O–H groups in total. The van der Waals surface area contributed by atoms with Crippen LogP contribution in [0.15, 0.2) is 54.1 Å². The molecule has 0 bridgehead atoms. The third-order valence-electron chi connectivity index (χ3n) is 5.02. The van der Waals surface area contributed by atoms with E-state index < -0.39 is 18.5 Å². The van der Waals surface area contributed by atoms with Gasteiger partial charge in [-0.3, -0.25) is 4.79 Å². The number of benzene rings is 2. The minimum atomic E-state index is -1.05. The molecule has 2 rings (SSSR count). The molecule has 154 valence electrons. The minimum Gasteiger partial charge on any atom is -0.481 e. The second kappa shape index (κ2) is 10.5. The zero-order valence-electron chi connectivity index (χ0n) is 17.3. The van der Waals surface area contributed by atoms with Gasteiger partial charge in [0.1, 0.15) is 5.75 Å². The van der Waals surface area contributed by atoms with Gasteiger partial charge in [0, 0.05) is 5.56 Å². The molecule has 0 aliphatic rings. The van der Waals surface area contributed by atoms with E-state index in [9.17, 15) is 9.59 Å². The number of hydrogen-bond donors (Lipinski definition) is 2. The average molecular weight is 395 g/mol. The molecule has 0 saturated heterocycles. The van der Waals surface area contributed by atoms with Crippen molar-refractivity contribution in [2.45, 2.75) is 46.0 Å². The van der Waals surface area contributed by atoms with Crippen LogP contribution >= 0.6 is 0 Å². The van der Waals surface area contributed by atoms with Crippen molar-refractivity contribution >= 4 is 17.4 Å². The van der Waals surface area contributed by atoms with Crippen LogP contribution in [-0.4, -0.2) is 23.6 Å². The molecule has 0 radical (unpaired) electrons. The summed E-state index contributed by atoms with van der Waals surface area (Å²) in [6, 6.07) is 15.8. The Morgan fingerprint density at radius 2 is 1.79 bits per heavy atom. The van der Waals surface area contributed by atoms with E-state index in [1.54, 1.807) is 6.07 Å². The molecule has 0 aliphatic heterocycles. The van der Waals surface area contributed by atoms with Crippen molar-refractivity contribution in [3.63, 3.8) is 0 Å². The van der Waals surface area contributed by atoms with Gasteiger partial charge < -0.3 is 15.6 Å². The third-order valence-corrected chi connectivity index (χ3v) is 5.02. The molecule has 1 unspecified atom stereocenters. The van der Waals surface area contributed by atoms with Crippen molar-refractivity contribution in [2.75, 3.05) is 6.61 Å². The first-order valence-electron chi connectivity index (χ1n) is 9.82. The maximum atomic E-state index is 11.8. The number of primary amides is 1. The molecule has 0 heterocycles. The number of nitrogens with two attached hydrogens (primary N) is 1. The molecule has 2 aromatic carbocycles. The Kier molecular flexibility index (Phi) is 8.01. The molecular weight excluding hydrogens is 366 g/mol. The van der Waals surface area contributed by atoms with Gasteiger partial charge >= 0.3 is 5.97 Å². The predicted octanol–water partition coefficient (Wildman–Crippen LogP) is 4.56. The smallest absolute Gasteiger partial charge is 0.341 e. The fourth-order valence-corrected chi connectivity index (χ4v) is 3.46. The van der Waals surface area contributed by atoms with Crippen LogP contribution in [0.5, 0.6) is 5.75 Å². The summed E-state index contributed by atoms with van der Waals surface area (Å²) in [5.74, 6) is -0.879. The van der Waals surface area contributed by atoms with Crippen molar-refractivity contribution in [1.29, 1.82) is 0 Å². The maximum absolute atomic E-state index is 11.8. The lowest BCUT2D eigenvalue weighted by Gasteiger charge is -2.23. The van der Waals surface area contributed by atoms with Crippen LogP contribution in [0.1, 0.15) is 56.2 Å². The van der Waals surface area contributed by atoms with E-state index in [0.29, 0.717) is 5.75 Å². The Morgan fingerprint density at radius 1 is 1.10 bits per heavy atom. The van der Waals surface area contributed by atoms with Gasteiger partial charge in [0.05, 0.1) is 6.42 Å². The molecule has 0 spiro atoms. The molecule has 1 atom stereocenters. The van der Waals surface area contributed by atoms with E-state index in [2.05, 4.69) is 19.1 Å². The largest absolute Gasteiger partial charge is 0.481 e.